The number of carboxylic acid groups (broad SMARTS) is 1. The monoisotopic (exact) mass is 350 g/mol. The minimum absolute atomic E-state index is 0.0161. The van der Waals surface area contributed by atoms with Crippen LogP contribution in [-0.2, 0) is 14.4 Å². The fourth-order valence-corrected chi connectivity index (χ4v) is 3.78. The summed E-state index contributed by atoms with van der Waals surface area (Å²) < 4.78 is 37.3. The molecule has 0 aromatic rings. The molecule has 0 spiro atoms. The van der Waals surface area contributed by atoms with Gasteiger partial charge in [0, 0.05) is 12.5 Å². The molecule has 1 saturated heterocycles. The fraction of sp³-hybridized carbons (Fsp3) is 0.800. The van der Waals surface area contributed by atoms with Gasteiger partial charge in [0.05, 0.1) is 0 Å². The van der Waals surface area contributed by atoms with Crippen molar-refractivity contribution in [3.05, 3.63) is 0 Å². The first-order chi connectivity index (χ1) is 10.9. The van der Waals surface area contributed by atoms with E-state index in [0.717, 1.165) is 4.90 Å². The van der Waals surface area contributed by atoms with Crippen molar-refractivity contribution in [2.75, 3.05) is 6.54 Å². The fourth-order valence-electron chi connectivity index (χ4n) is 3.78. The molecule has 0 bridgehead atoms. The maximum atomic E-state index is 12.6. The number of rotatable bonds is 5. The topological polar surface area (TPSA) is 86.7 Å². The Morgan fingerprint density at radius 3 is 2.38 bits per heavy atom. The molecule has 2 N–H and O–H groups in total. The number of carbonyl (C=O) groups is 3. The van der Waals surface area contributed by atoms with Gasteiger partial charge < -0.3 is 15.3 Å². The van der Waals surface area contributed by atoms with Gasteiger partial charge in [-0.05, 0) is 17.8 Å². The van der Waals surface area contributed by atoms with Gasteiger partial charge >= 0.3 is 18.1 Å². The van der Waals surface area contributed by atoms with Gasteiger partial charge in [0.2, 0.25) is 5.91 Å². The quantitative estimate of drug-likeness (QED) is 0.785. The van der Waals surface area contributed by atoms with Crippen LogP contribution in [0.2, 0.25) is 0 Å². The Bertz CT molecular complexity index is 561. The van der Waals surface area contributed by atoms with E-state index in [9.17, 15) is 32.7 Å². The van der Waals surface area contributed by atoms with Crippen LogP contribution in [0.15, 0.2) is 0 Å². The van der Waals surface area contributed by atoms with Gasteiger partial charge in [0.25, 0.3) is 0 Å². The molecule has 136 valence electrons. The number of carboxylic acids is 1. The van der Waals surface area contributed by atoms with Crippen molar-refractivity contribution in [3.63, 3.8) is 0 Å². The smallest absolute Gasteiger partial charge is 0.471 e. The first kappa shape index (κ1) is 18.5. The van der Waals surface area contributed by atoms with Gasteiger partial charge in [0.1, 0.15) is 12.1 Å². The number of hydrogen-bond acceptors (Lipinski definition) is 3. The summed E-state index contributed by atoms with van der Waals surface area (Å²) >= 11 is 0. The highest BCUT2D eigenvalue weighted by Gasteiger charge is 2.69. The maximum Gasteiger partial charge on any atom is 0.471 e. The molecule has 0 aromatic heterocycles. The average molecular weight is 350 g/mol. The molecule has 0 aromatic carbocycles. The number of nitrogens with zero attached hydrogens (tertiary/aromatic N) is 1. The molecule has 4 atom stereocenters. The van der Waals surface area contributed by atoms with Crippen LogP contribution >= 0.6 is 0 Å². The number of carbonyl (C=O) groups excluding carboxylic acids is 2. The summed E-state index contributed by atoms with van der Waals surface area (Å²) in [4.78, 5) is 36.4. The van der Waals surface area contributed by atoms with Crippen LogP contribution in [0, 0.1) is 17.3 Å². The summed E-state index contributed by atoms with van der Waals surface area (Å²) in [6, 6.07) is -2.42. The van der Waals surface area contributed by atoms with Crippen LogP contribution in [-0.4, -0.2) is 52.6 Å². The first-order valence-electron chi connectivity index (χ1n) is 7.83. The largest absolute Gasteiger partial charge is 0.480 e. The van der Waals surface area contributed by atoms with Gasteiger partial charge in [-0.25, -0.2) is 4.79 Å². The van der Waals surface area contributed by atoms with E-state index >= 15 is 0 Å². The number of aliphatic carboxylic acids is 1. The van der Waals surface area contributed by atoms with Crippen LogP contribution in [0.3, 0.4) is 0 Å². The molecule has 9 heteroatoms. The Morgan fingerprint density at radius 1 is 1.33 bits per heavy atom. The Kier molecular flexibility index (Phi) is 4.58. The Morgan fingerprint density at radius 2 is 1.92 bits per heavy atom. The molecule has 24 heavy (non-hydrogen) atoms. The number of fused-ring (bicyclic) bond motifs is 1. The summed E-state index contributed by atoms with van der Waals surface area (Å²) in [6.45, 7) is 5.68. The van der Waals surface area contributed by atoms with E-state index in [2.05, 4.69) is 0 Å². The Hall–Kier alpha value is -1.80. The number of nitrogens with one attached hydrogen (secondary N) is 1. The zero-order valence-corrected chi connectivity index (χ0v) is 13.7. The number of piperidine rings is 1. The van der Waals surface area contributed by atoms with Crippen molar-refractivity contribution >= 4 is 17.8 Å². The van der Waals surface area contributed by atoms with Crippen LogP contribution in [0.1, 0.15) is 33.6 Å². The van der Waals surface area contributed by atoms with E-state index in [1.807, 2.05) is 13.8 Å². The second kappa shape index (κ2) is 5.93. The van der Waals surface area contributed by atoms with Crippen molar-refractivity contribution in [1.82, 2.24) is 10.2 Å². The minimum Gasteiger partial charge on any atom is -0.480 e. The lowest BCUT2D eigenvalue weighted by atomic mass is 10.00. The summed E-state index contributed by atoms with van der Waals surface area (Å²) in [5, 5.41) is 11.1. The van der Waals surface area contributed by atoms with E-state index in [1.165, 1.54) is 0 Å². The first-order valence-corrected chi connectivity index (χ1v) is 7.83. The lowest BCUT2D eigenvalue weighted by Gasteiger charge is -2.31. The van der Waals surface area contributed by atoms with E-state index in [0.29, 0.717) is 6.42 Å². The highest BCUT2D eigenvalue weighted by Crippen LogP contribution is 2.64. The van der Waals surface area contributed by atoms with Crippen LogP contribution < -0.4 is 5.32 Å². The molecule has 2 aliphatic rings. The lowest BCUT2D eigenvalue weighted by molar-refractivity contribution is -0.175. The number of hydrogen-bond donors (Lipinski definition) is 2. The van der Waals surface area contributed by atoms with Gasteiger partial charge in [0.15, 0.2) is 0 Å². The van der Waals surface area contributed by atoms with Gasteiger partial charge in [-0.1, -0.05) is 27.2 Å². The molecule has 0 radical (unpaired) electrons. The third-order valence-electron chi connectivity index (χ3n) is 5.18. The summed E-state index contributed by atoms with van der Waals surface area (Å²) in [5.41, 5.74) is -0.199. The number of likely N-dealkylation sites (tertiary alicyclic amines) is 1. The standard InChI is InChI=1S/C15H21F3N2O4/c1-4-5-8(19-13(24)15(16,17)18)11(21)20-6-7-9(14(7,2)3)10(20)12(22)23/h7-10H,4-6H2,1-3H3,(H,19,24)(H,22,23)/t7-,8?,9-,10-/m0/s1. The van der Waals surface area contributed by atoms with Gasteiger partial charge in [-0.2, -0.15) is 13.2 Å². The second-order valence-corrected chi connectivity index (χ2v) is 7.04. The average Bonchev–Trinajstić information content (AvgIpc) is 2.84. The molecule has 1 aliphatic heterocycles. The second-order valence-electron chi connectivity index (χ2n) is 7.04. The summed E-state index contributed by atoms with van der Waals surface area (Å²) in [7, 11) is 0. The predicted octanol–water partition coefficient (Wildman–Crippen LogP) is 1.40. The summed E-state index contributed by atoms with van der Waals surface area (Å²) in [5.74, 6) is -4.31. The van der Waals surface area contributed by atoms with Crippen molar-refractivity contribution in [3.8, 4) is 0 Å². The highest BCUT2D eigenvalue weighted by atomic mass is 19.4. The van der Waals surface area contributed by atoms with E-state index in [-0.39, 0.29) is 30.2 Å². The highest BCUT2D eigenvalue weighted by molar-refractivity contribution is 5.92. The molecule has 1 heterocycles. The molecule has 2 amide bonds. The Balaban J connectivity index is 2.15. The summed E-state index contributed by atoms with van der Waals surface area (Å²) in [6.07, 6.45) is -4.70. The van der Waals surface area contributed by atoms with Crippen LogP contribution in [0.25, 0.3) is 0 Å². The van der Waals surface area contributed by atoms with Crippen molar-refractivity contribution in [2.45, 2.75) is 51.9 Å². The normalized spacial score (nSPS) is 28.9. The third kappa shape index (κ3) is 3.08. The maximum absolute atomic E-state index is 12.6. The van der Waals surface area contributed by atoms with Gasteiger partial charge in [-0.3, -0.25) is 9.59 Å². The number of amides is 2. The molecule has 1 saturated carbocycles. The van der Waals surface area contributed by atoms with Crippen molar-refractivity contribution < 1.29 is 32.7 Å². The molecular weight excluding hydrogens is 329 g/mol. The van der Waals surface area contributed by atoms with Gasteiger partial charge in [-0.15, -0.1) is 0 Å². The Labute approximate surface area is 137 Å². The minimum atomic E-state index is -5.09. The molecule has 2 rings (SSSR count). The van der Waals surface area contributed by atoms with Crippen LogP contribution in [0.5, 0.6) is 0 Å². The van der Waals surface area contributed by atoms with Crippen molar-refractivity contribution in [2.24, 2.45) is 17.3 Å². The number of halogens is 3. The third-order valence-corrected chi connectivity index (χ3v) is 5.18. The predicted molar refractivity (Wildman–Crippen MR) is 76.8 cm³/mol. The zero-order valence-electron chi connectivity index (χ0n) is 13.7. The molecule has 6 nitrogen and oxygen atoms in total. The van der Waals surface area contributed by atoms with E-state index < -0.39 is 36.0 Å². The molecule has 1 unspecified atom stereocenters. The molecule has 2 fully saturated rings. The molecule has 1 aliphatic carbocycles. The zero-order chi connectivity index (χ0) is 18.4. The van der Waals surface area contributed by atoms with E-state index in [1.54, 1.807) is 12.2 Å². The van der Waals surface area contributed by atoms with Crippen molar-refractivity contribution in [1.29, 1.82) is 0 Å². The number of alkyl halides is 3. The molecular formula is C15H21F3N2O4. The van der Waals surface area contributed by atoms with Crippen LogP contribution in [0.4, 0.5) is 13.2 Å². The SMILES string of the molecule is CCCC(NC(=O)C(F)(F)F)C(=O)N1C[C@H]2[C@@H]([C@H]1C(=O)O)C2(C)C. The lowest BCUT2D eigenvalue weighted by Crippen LogP contribution is -2.55. The van der Waals surface area contributed by atoms with E-state index in [4.69, 9.17) is 0 Å².